The average molecular weight is 499 g/mol. The molecule has 0 unspecified atom stereocenters. The second-order valence-corrected chi connectivity index (χ2v) is 8.40. The Hall–Kier alpha value is -1.68. The molecule has 0 atom stereocenters. The number of halogens is 1. The number of hydrogen-bond acceptors (Lipinski definition) is 6. The number of hydrogen-bond donors (Lipinski definition) is 1. The van der Waals surface area contributed by atoms with Crippen molar-refractivity contribution in [3.05, 3.63) is 45.5 Å². The predicted molar refractivity (Wildman–Crippen MR) is 115 cm³/mol. The van der Waals surface area contributed by atoms with Crippen LogP contribution in [0.15, 0.2) is 18.2 Å². The van der Waals surface area contributed by atoms with Gasteiger partial charge < -0.3 is 15.4 Å². The number of benzene rings is 1. The van der Waals surface area contributed by atoms with Crippen LogP contribution in [0.1, 0.15) is 50.2 Å². The van der Waals surface area contributed by atoms with Crippen molar-refractivity contribution in [2.24, 2.45) is 5.73 Å². The third kappa shape index (κ3) is 4.43. The summed E-state index contributed by atoms with van der Waals surface area (Å²) in [4.78, 5) is 31.8. The molecule has 6 nitrogen and oxygen atoms in total. The molecule has 1 amide bonds. The summed E-state index contributed by atoms with van der Waals surface area (Å²) < 4.78 is 6.20. The summed E-state index contributed by atoms with van der Waals surface area (Å²) in [6.45, 7) is 3.48. The van der Waals surface area contributed by atoms with Gasteiger partial charge in [-0.15, -0.1) is 11.3 Å². The first-order valence-corrected chi connectivity index (χ1v) is 11.3. The highest BCUT2D eigenvalue weighted by molar-refractivity contribution is 14.1. The molecule has 0 bridgehead atoms. The summed E-state index contributed by atoms with van der Waals surface area (Å²) in [5, 5.41) is 0.798. The fourth-order valence-corrected chi connectivity index (χ4v) is 4.70. The quantitative estimate of drug-likeness (QED) is 0.359. The van der Waals surface area contributed by atoms with Gasteiger partial charge in [0.2, 0.25) is 5.91 Å². The molecule has 1 aliphatic rings. The van der Waals surface area contributed by atoms with E-state index in [0.29, 0.717) is 24.4 Å². The lowest BCUT2D eigenvalue weighted by molar-refractivity contribution is 0.0519. The van der Waals surface area contributed by atoms with Crippen molar-refractivity contribution in [2.75, 3.05) is 22.5 Å². The first kappa shape index (κ1) is 20.1. The van der Waals surface area contributed by atoms with Crippen LogP contribution in [0.5, 0.6) is 0 Å². The molecule has 2 heterocycles. The Balaban J connectivity index is 1.91. The van der Waals surface area contributed by atoms with Crippen LogP contribution in [0.2, 0.25) is 0 Å². The van der Waals surface area contributed by atoms with Gasteiger partial charge in [-0.1, -0.05) is 34.7 Å². The Morgan fingerprint density at radius 1 is 1.41 bits per heavy atom. The van der Waals surface area contributed by atoms with E-state index in [4.69, 9.17) is 10.5 Å². The number of nitrogens with zero attached hydrogens (tertiary/aromatic N) is 2. The number of anilines is 1. The second kappa shape index (κ2) is 9.01. The fraction of sp³-hybridized carbons (Fsp3) is 0.421. The van der Waals surface area contributed by atoms with Gasteiger partial charge in [0.1, 0.15) is 0 Å². The lowest BCUT2D eigenvalue weighted by atomic mass is 9.95. The number of carbonyl (C=O) groups excluding carboxylic acids is 2. The van der Waals surface area contributed by atoms with E-state index in [9.17, 15) is 9.59 Å². The molecule has 8 heteroatoms. The van der Waals surface area contributed by atoms with Crippen LogP contribution in [-0.2, 0) is 24.1 Å². The summed E-state index contributed by atoms with van der Waals surface area (Å²) >= 11 is 3.88. The average Bonchev–Trinajstić information content (AvgIpc) is 3.09. The molecule has 0 spiro atoms. The molecule has 3 rings (SSSR count). The molecule has 0 aliphatic carbocycles. The number of aromatic nitrogens is 1. The van der Waals surface area contributed by atoms with Crippen molar-refractivity contribution in [1.82, 2.24) is 4.98 Å². The summed E-state index contributed by atoms with van der Waals surface area (Å²) in [5.74, 6) is -0.776. The minimum absolute atomic E-state index is 0.330. The van der Waals surface area contributed by atoms with E-state index >= 15 is 0 Å². The van der Waals surface area contributed by atoms with Gasteiger partial charge in [0.25, 0.3) is 0 Å². The summed E-state index contributed by atoms with van der Waals surface area (Å²) in [6, 6.07) is 5.68. The van der Waals surface area contributed by atoms with Crippen LogP contribution in [0.3, 0.4) is 0 Å². The number of primary amides is 1. The molecular formula is C19H22IN3O3S. The van der Waals surface area contributed by atoms with Crippen LogP contribution in [0, 0.1) is 0 Å². The maximum absolute atomic E-state index is 12.3. The van der Waals surface area contributed by atoms with Gasteiger partial charge in [-0.05, 0) is 47.8 Å². The number of alkyl halides is 1. The third-order valence-electron chi connectivity index (χ3n) is 4.50. The Bertz CT molecular complexity index is 853. The molecular weight excluding hydrogens is 477 g/mol. The minimum atomic E-state index is -0.414. The minimum Gasteiger partial charge on any atom is -0.461 e. The molecule has 144 valence electrons. The van der Waals surface area contributed by atoms with E-state index in [2.05, 4.69) is 32.5 Å². The zero-order chi connectivity index (χ0) is 19.4. The highest BCUT2D eigenvalue weighted by Gasteiger charge is 2.26. The number of nitrogens with two attached hydrogens (primary N) is 1. The summed E-state index contributed by atoms with van der Waals surface area (Å²) in [6.07, 6.45) is 2.61. The second-order valence-electron chi connectivity index (χ2n) is 6.26. The third-order valence-corrected chi connectivity index (χ3v) is 6.44. The zero-order valence-electron chi connectivity index (χ0n) is 15.2. The van der Waals surface area contributed by atoms with Crippen molar-refractivity contribution in [3.63, 3.8) is 0 Å². The lowest BCUT2D eigenvalue weighted by Gasteiger charge is -2.29. The number of esters is 1. The van der Waals surface area contributed by atoms with Crippen LogP contribution in [0.4, 0.5) is 5.13 Å². The molecule has 1 aromatic heterocycles. The molecule has 0 fully saturated rings. The first-order chi connectivity index (χ1) is 13.0. The summed E-state index contributed by atoms with van der Waals surface area (Å²) in [5.41, 5.74) is 8.64. The van der Waals surface area contributed by atoms with Crippen LogP contribution in [-0.4, -0.2) is 34.4 Å². The Kier molecular flexibility index (Phi) is 6.69. The van der Waals surface area contributed by atoms with Crippen LogP contribution in [0.25, 0.3) is 0 Å². The zero-order valence-corrected chi connectivity index (χ0v) is 18.1. The molecule has 0 saturated heterocycles. The van der Waals surface area contributed by atoms with Gasteiger partial charge in [0.15, 0.2) is 10.8 Å². The van der Waals surface area contributed by atoms with Crippen molar-refractivity contribution in [1.29, 1.82) is 0 Å². The van der Waals surface area contributed by atoms with Gasteiger partial charge in [-0.25, -0.2) is 9.78 Å². The number of ether oxygens (including phenoxy) is 1. The predicted octanol–water partition coefficient (Wildman–Crippen LogP) is 3.35. The first-order valence-electron chi connectivity index (χ1n) is 8.93. The number of fused-ring (bicyclic) bond motifs is 1. The van der Waals surface area contributed by atoms with Crippen molar-refractivity contribution < 1.29 is 14.3 Å². The Morgan fingerprint density at radius 2 is 2.22 bits per heavy atom. The van der Waals surface area contributed by atoms with E-state index in [-0.39, 0.29) is 5.97 Å². The Labute approximate surface area is 176 Å². The molecule has 27 heavy (non-hydrogen) atoms. The number of aryl methyl sites for hydroxylation is 1. The molecule has 2 aromatic rings. The largest absolute Gasteiger partial charge is 0.461 e. The molecule has 0 saturated carbocycles. The van der Waals surface area contributed by atoms with Crippen molar-refractivity contribution >= 4 is 50.9 Å². The fourth-order valence-electron chi connectivity index (χ4n) is 3.21. The van der Waals surface area contributed by atoms with Gasteiger partial charge in [-0.3, -0.25) is 4.79 Å². The Morgan fingerprint density at radius 3 is 2.93 bits per heavy atom. The van der Waals surface area contributed by atoms with E-state index < -0.39 is 5.91 Å². The number of thiazole rings is 1. The molecule has 1 aliphatic heterocycles. The molecule has 1 aromatic carbocycles. The standard InChI is InChI=1S/C19H22IN3O3S/c1-2-26-18(25)16-15(7-4-9-20)27-19(22-16)23-10-8-12-5-3-6-13(17(21)24)14(12)11-23/h3,5-6H,2,4,7-11H2,1H3,(H2,21,24). The molecule has 0 radical (unpaired) electrons. The lowest BCUT2D eigenvalue weighted by Crippen LogP contribution is -2.32. The van der Waals surface area contributed by atoms with Crippen LogP contribution < -0.4 is 10.6 Å². The highest BCUT2D eigenvalue weighted by Crippen LogP contribution is 2.32. The monoisotopic (exact) mass is 499 g/mol. The van der Waals surface area contributed by atoms with Crippen molar-refractivity contribution in [2.45, 2.75) is 32.7 Å². The van der Waals surface area contributed by atoms with E-state index in [1.807, 2.05) is 12.1 Å². The van der Waals surface area contributed by atoms with Gasteiger partial charge in [0, 0.05) is 23.5 Å². The van der Waals surface area contributed by atoms with Crippen LogP contribution >= 0.6 is 33.9 Å². The maximum Gasteiger partial charge on any atom is 0.358 e. The SMILES string of the molecule is CCOC(=O)c1nc(N2CCc3cccc(C(N)=O)c3C2)sc1CCCI. The number of rotatable bonds is 7. The van der Waals surface area contributed by atoms with Gasteiger partial charge in [0.05, 0.1) is 6.61 Å². The molecule has 2 N–H and O–H groups in total. The number of carbonyl (C=O) groups is 2. The highest BCUT2D eigenvalue weighted by atomic mass is 127. The topological polar surface area (TPSA) is 85.5 Å². The number of amides is 1. The summed E-state index contributed by atoms with van der Waals surface area (Å²) in [7, 11) is 0. The van der Waals surface area contributed by atoms with Gasteiger partial charge >= 0.3 is 5.97 Å². The smallest absolute Gasteiger partial charge is 0.358 e. The van der Waals surface area contributed by atoms with Crippen molar-refractivity contribution in [3.8, 4) is 0 Å². The van der Waals surface area contributed by atoms with E-state index in [1.165, 1.54) is 0 Å². The normalized spacial score (nSPS) is 13.3. The van der Waals surface area contributed by atoms with E-state index in [0.717, 1.165) is 51.4 Å². The maximum atomic E-state index is 12.3. The van der Waals surface area contributed by atoms with E-state index in [1.54, 1.807) is 24.3 Å². The van der Waals surface area contributed by atoms with Gasteiger partial charge in [-0.2, -0.15) is 0 Å².